The van der Waals surface area contributed by atoms with Gasteiger partial charge in [-0.05, 0) is 51.1 Å². The Kier molecular flexibility index (Phi) is 5.35. The molecule has 0 saturated carbocycles. The molecular formula is C22H22N6O4. The molecule has 10 heteroatoms. The number of amides is 1. The van der Waals surface area contributed by atoms with Crippen molar-refractivity contribution >= 4 is 28.6 Å². The highest BCUT2D eigenvalue weighted by Crippen LogP contribution is 2.20. The molecule has 4 rings (SSSR count). The van der Waals surface area contributed by atoms with Crippen LogP contribution in [0, 0.1) is 13.8 Å². The number of nitrogens with zero attached hydrogens (tertiary/aromatic N) is 4. The Morgan fingerprint density at radius 2 is 1.88 bits per heavy atom. The summed E-state index contributed by atoms with van der Waals surface area (Å²) in [5.74, 6) is -0.834. The SMILES string of the molecule is CCOC(=O)c1cnn(-c2ccc(NC(=O)c3cc(C)nc4c3c(=O)[nH]n4C)cc2)c1C. The van der Waals surface area contributed by atoms with E-state index in [0.717, 1.165) is 5.69 Å². The van der Waals surface area contributed by atoms with Crippen LogP contribution in [0.3, 0.4) is 0 Å². The Hall–Kier alpha value is -4.21. The Bertz CT molecular complexity index is 1390. The molecule has 3 aromatic heterocycles. The molecule has 0 spiro atoms. The summed E-state index contributed by atoms with van der Waals surface area (Å²) < 4.78 is 8.16. The number of esters is 1. The average molecular weight is 434 g/mol. The van der Waals surface area contributed by atoms with Gasteiger partial charge in [0.15, 0.2) is 5.65 Å². The molecule has 3 heterocycles. The number of rotatable bonds is 5. The second kappa shape index (κ2) is 8.14. The lowest BCUT2D eigenvalue weighted by Crippen LogP contribution is -2.15. The highest BCUT2D eigenvalue weighted by atomic mass is 16.5. The molecule has 0 radical (unpaired) electrons. The molecular weight excluding hydrogens is 412 g/mol. The minimum absolute atomic E-state index is 0.242. The summed E-state index contributed by atoms with van der Waals surface area (Å²) in [6, 6.07) is 8.57. The lowest BCUT2D eigenvalue weighted by Gasteiger charge is -2.09. The van der Waals surface area contributed by atoms with Crippen molar-refractivity contribution < 1.29 is 14.3 Å². The third kappa shape index (κ3) is 3.66. The Labute approximate surface area is 182 Å². The van der Waals surface area contributed by atoms with Crippen LogP contribution in [0.5, 0.6) is 0 Å². The first-order valence-corrected chi connectivity index (χ1v) is 10.00. The van der Waals surface area contributed by atoms with Gasteiger partial charge in [0.25, 0.3) is 11.5 Å². The fourth-order valence-electron chi connectivity index (χ4n) is 3.53. The van der Waals surface area contributed by atoms with Gasteiger partial charge in [0.2, 0.25) is 0 Å². The largest absolute Gasteiger partial charge is 0.462 e. The zero-order valence-corrected chi connectivity index (χ0v) is 18.1. The van der Waals surface area contributed by atoms with Gasteiger partial charge in [0, 0.05) is 18.4 Å². The molecule has 0 fully saturated rings. The Morgan fingerprint density at radius 3 is 2.56 bits per heavy atom. The summed E-state index contributed by atoms with van der Waals surface area (Å²) in [7, 11) is 1.67. The number of hydrogen-bond acceptors (Lipinski definition) is 6. The molecule has 2 N–H and O–H groups in total. The van der Waals surface area contributed by atoms with E-state index < -0.39 is 11.9 Å². The molecule has 0 atom stereocenters. The fraction of sp³-hybridized carbons (Fsp3) is 0.227. The van der Waals surface area contributed by atoms with Crippen molar-refractivity contribution in [1.82, 2.24) is 24.5 Å². The van der Waals surface area contributed by atoms with Gasteiger partial charge in [0.05, 0.1) is 35.1 Å². The summed E-state index contributed by atoms with van der Waals surface area (Å²) in [4.78, 5) is 41.5. The van der Waals surface area contributed by atoms with E-state index in [2.05, 4.69) is 20.5 Å². The van der Waals surface area contributed by atoms with Crippen molar-refractivity contribution in [3.63, 3.8) is 0 Å². The van der Waals surface area contributed by atoms with E-state index in [9.17, 15) is 14.4 Å². The third-order valence-corrected chi connectivity index (χ3v) is 5.06. The number of aromatic nitrogens is 5. The quantitative estimate of drug-likeness (QED) is 0.465. The first kappa shape index (κ1) is 21.0. The van der Waals surface area contributed by atoms with Gasteiger partial charge >= 0.3 is 5.97 Å². The smallest absolute Gasteiger partial charge is 0.341 e. The number of nitrogens with one attached hydrogen (secondary N) is 2. The Morgan fingerprint density at radius 1 is 1.16 bits per heavy atom. The predicted octanol–water partition coefficient (Wildman–Crippen LogP) is 2.49. The van der Waals surface area contributed by atoms with Crippen LogP contribution in [0.1, 0.15) is 39.0 Å². The second-order valence-corrected chi connectivity index (χ2v) is 7.29. The summed E-state index contributed by atoms with van der Waals surface area (Å²) in [5, 5.41) is 9.95. The summed E-state index contributed by atoms with van der Waals surface area (Å²) in [5.41, 5.74) is 3.23. The number of ether oxygens (including phenoxy) is 1. The van der Waals surface area contributed by atoms with E-state index in [1.807, 2.05) is 0 Å². The third-order valence-electron chi connectivity index (χ3n) is 5.06. The van der Waals surface area contributed by atoms with Crippen LogP contribution >= 0.6 is 0 Å². The van der Waals surface area contributed by atoms with Crippen molar-refractivity contribution in [3.8, 4) is 5.69 Å². The van der Waals surface area contributed by atoms with E-state index in [1.165, 1.54) is 10.9 Å². The summed E-state index contributed by atoms with van der Waals surface area (Å²) >= 11 is 0. The number of carbonyl (C=O) groups excluding carboxylic acids is 2. The molecule has 4 aromatic rings. The molecule has 0 bridgehead atoms. The second-order valence-electron chi connectivity index (χ2n) is 7.29. The lowest BCUT2D eigenvalue weighted by molar-refractivity contribution is 0.0525. The average Bonchev–Trinajstić information content (AvgIpc) is 3.27. The predicted molar refractivity (Wildman–Crippen MR) is 118 cm³/mol. The summed E-state index contributed by atoms with van der Waals surface area (Å²) in [6.07, 6.45) is 1.47. The van der Waals surface area contributed by atoms with Crippen LogP contribution < -0.4 is 10.9 Å². The summed E-state index contributed by atoms with van der Waals surface area (Å²) in [6.45, 7) is 5.58. The number of aryl methyl sites for hydroxylation is 2. The van der Waals surface area contributed by atoms with Crippen molar-refractivity contribution in [2.75, 3.05) is 11.9 Å². The molecule has 164 valence electrons. The van der Waals surface area contributed by atoms with Crippen molar-refractivity contribution in [3.05, 3.63) is 69.4 Å². The highest BCUT2D eigenvalue weighted by Gasteiger charge is 2.19. The monoisotopic (exact) mass is 434 g/mol. The first-order chi connectivity index (χ1) is 15.3. The van der Waals surface area contributed by atoms with Crippen LogP contribution in [-0.4, -0.2) is 43.0 Å². The van der Waals surface area contributed by atoms with E-state index in [1.54, 1.807) is 62.8 Å². The maximum absolute atomic E-state index is 12.9. The van der Waals surface area contributed by atoms with Crippen LogP contribution in [0.15, 0.2) is 41.3 Å². The molecule has 1 aromatic carbocycles. The number of hydrogen-bond donors (Lipinski definition) is 2. The van der Waals surface area contributed by atoms with Crippen LogP contribution in [0.2, 0.25) is 0 Å². The van der Waals surface area contributed by atoms with E-state index in [0.29, 0.717) is 28.3 Å². The van der Waals surface area contributed by atoms with Gasteiger partial charge in [0.1, 0.15) is 5.56 Å². The molecule has 10 nitrogen and oxygen atoms in total. The van der Waals surface area contributed by atoms with Gasteiger partial charge in [-0.1, -0.05) is 0 Å². The van der Waals surface area contributed by atoms with E-state index in [4.69, 9.17) is 4.74 Å². The number of benzene rings is 1. The lowest BCUT2D eigenvalue weighted by atomic mass is 10.1. The van der Waals surface area contributed by atoms with Crippen molar-refractivity contribution in [1.29, 1.82) is 0 Å². The van der Waals surface area contributed by atoms with Crippen LogP contribution in [0.25, 0.3) is 16.7 Å². The van der Waals surface area contributed by atoms with Gasteiger partial charge in [-0.2, -0.15) is 5.10 Å². The highest BCUT2D eigenvalue weighted by molar-refractivity contribution is 6.12. The van der Waals surface area contributed by atoms with Crippen LogP contribution in [0.4, 0.5) is 5.69 Å². The van der Waals surface area contributed by atoms with E-state index in [-0.39, 0.29) is 23.1 Å². The molecule has 0 aliphatic rings. The molecule has 1 amide bonds. The molecule has 0 unspecified atom stereocenters. The minimum Gasteiger partial charge on any atom is -0.462 e. The van der Waals surface area contributed by atoms with Gasteiger partial charge in [-0.3, -0.25) is 19.4 Å². The van der Waals surface area contributed by atoms with Crippen molar-refractivity contribution in [2.24, 2.45) is 7.05 Å². The number of H-pyrrole nitrogens is 1. The van der Waals surface area contributed by atoms with Crippen LogP contribution in [-0.2, 0) is 11.8 Å². The topological polar surface area (TPSA) is 124 Å². The molecule has 0 aliphatic heterocycles. The van der Waals surface area contributed by atoms with E-state index >= 15 is 0 Å². The zero-order chi connectivity index (χ0) is 23.0. The first-order valence-electron chi connectivity index (χ1n) is 10.00. The molecule has 32 heavy (non-hydrogen) atoms. The Balaban J connectivity index is 1.59. The number of anilines is 1. The van der Waals surface area contributed by atoms with Crippen molar-refractivity contribution in [2.45, 2.75) is 20.8 Å². The number of aromatic amines is 1. The fourth-order valence-corrected chi connectivity index (χ4v) is 3.53. The van der Waals surface area contributed by atoms with Gasteiger partial charge in [-0.15, -0.1) is 0 Å². The van der Waals surface area contributed by atoms with Gasteiger partial charge in [-0.25, -0.2) is 14.5 Å². The standard InChI is InChI=1S/C22H22N6O4/c1-5-32-22(31)17-11-23-28(13(17)3)15-8-6-14(7-9-15)25-20(29)16-10-12(2)24-19-18(16)21(30)26-27(19)4/h6-11H,5H2,1-4H3,(H,25,29)(H,26,30). The zero-order valence-electron chi connectivity index (χ0n) is 18.1. The number of carbonyl (C=O) groups is 2. The number of pyridine rings is 1. The minimum atomic E-state index is -0.421. The van der Waals surface area contributed by atoms with Gasteiger partial charge < -0.3 is 10.1 Å². The molecule has 0 aliphatic carbocycles. The normalized spacial score (nSPS) is 11.0. The maximum atomic E-state index is 12.9. The number of fused-ring (bicyclic) bond motifs is 1. The molecule has 0 saturated heterocycles. The maximum Gasteiger partial charge on any atom is 0.341 e.